The summed E-state index contributed by atoms with van der Waals surface area (Å²) in [6.45, 7) is 0.716. The van der Waals surface area contributed by atoms with Crippen LogP contribution in [0.1, 0.15) is 12.8 Å². The van der Waals surface area contributed by atoms with Crippen molar-refractivity contribution in [2.75, 3.05) is 26.8 Å². The summed E-state index contributed by atoms with van der Waals surface area (Å²) in [5, 5.41) is 21.2. The van der Waals surface area contributed by atoms with E-state index in [0.717, 1.165) is 0 Å². The topological polar surface area (TPSA) is 115 Å². The van der Waals surface area contributed by atoms with Gasteiger partial charge in [-0.3, -0.25) is 19.7 Å². The SMILES string of the molecule is COCC1(C(=O)O)CCCN(C(=O)Cn2ccc3cc([N+](=O)[O-])ccc32)C1. The van der Waals surface area contributed by atoms with E-state index in [9.17, 15) is 24.8 Å². The van der Waals surface area contributed by atoms with Crippen LogP contribution in [-0.2, 0) is 20.9 Å². The highest BCUT2D eigenvalue weighted by Crippen LogP contribution is 2.31. The Labute approximate surface area is 155 Å². The van der Waals surface area contributed by atoms with E-state index in [-0.39, 0.29) is 31.3 Å². The third kappa shape index (κ3) is 3.63. The average Bonchev–Trinajstić information content (AvgIpc) is 3.04. The molecule has 0 radical (unpaired) electrons. The average molecular weight is 375 g/mol. The Hall–Kier alpha value is -2.94. The molecule has 1 aliphatic heterocycles. The number of carboxylic acid groups (broad SMARTS) is 1. The number of fused-ring (bicyclic) bond motifs is 1. The molecule has 1 N–H and O–H groups in total. The Morgan fingerprint density at radius 2 is 2.15 bits per heavy atom. The van der Waals surface area contributed by atoms with Gasteiger partial charge in [0.2, 0.25) is 5.91 Å². The molecule has 1 aromatic heterocycles. The molecular formula is C18H21N3O6. The Bertz CT molecular complexity index is 888. The van der Waals surface area contributed by atoms with Crippen LogP contribution in [0.25, 0.3) is 10.9 Å². The molecule has 0 spiro atoms. The predicted molar refractivity (Wildman–Crippen MR) is 96.4 cm³/mol. The van der Waals surface area contributed by atoms with E-state index in [1.54, 1.807) is 27.8 Å². The normalized spacial score (nSPS) is 20.0. The maximum absolute atomic E-state index is 12.8. The molecule has 0 bridgehead atoms. The molecule has 1 saturated heterocycles. The van der Waals surface area contributed by atoms with Crippen LogP contribution in [0, 0.1) is 15.5 Å². The van der Waals surface area contributed by atoms with E-state index in [1.807, 2.05) is 0 Å². The lowest BCUT2D eigenvalue weighted by molar-refractivity contribution is -0.384. The summed E-state index contributed by atoms with van der Waals surface area (Å²) in [7, 11) is 1.45. The molecule has 27 heavy (non-hydrogen) atoms. The van der Waals surface area contributed by atoms with Gasteiger partial charge in [0.25, 0.3) is 5.69 Å². The van der Waals surface area contributed by atoms with Crippen molar-refractivity contribution in [1.82, 2.24) is 9.47 Å². The Morgan fingerprint density at radius 3 is 2.81 bits per heavy atom. The number of benzene rings is 1. The van der Waals surface area contributed by atoms with Gasteiger partial charge in [-0.05, 0) is 25.0 Å². The van der Waals surface area contributed by atoms with Crippen molar-refractivity contribution in [2.24, 2.45) is 5.41 Å². The van der Waals surface area contributed by atoms with Crippen LogP contribution in [0.5, 0.6) is 0 Å². The van der Waals surface area contributed by atoms with Gasteiger partial charge in [0, 0.05) is 49.4 Å². The molecule has 144 valence electrons. The number of nitro benzene ring substituents is 1. The summed E-state index contributed by atoms with van der Waals surface area (Å²) in [4.78, 5) is 36.5. The molecule has 1 aliphatic rings. The molecule has 9 heteroatoms. The van der Waals surface area contributed by atoms with Crippen molar-refractivity contribution in [2.45, 2.75) is 19.4 Å². The van der Waals surface area contributed by atoms with Crippen LogP contribution in [0.4, 0.5) is 5.69 Å². The van der Waals surface area contributed by atoms with Gasteiger partial charge in [0.1, 0.15) is 12.0 Å². The third-order valence-corrected chi connectivity index (χ3v) is 5.07. The Kier molecular flexibility index (Phi) is 5.13. The number of ether oxygens (including phenoxy) is 1. The van der Waals surface area contributed by atoms with Crippen molar-refractivity contribution in [1.29, 1.82) is 0 Å². The number of hydrogen-bond acceptors (Lipinski definition) is 5. The van der Waals surface area contributed by atoms with Gasteiger partial charge in [-0.15, -0.1) is 0 Å². The second kappa shape index (κ2) is 7.36. The smallest absolute Gasteiger partial charge is 0.313 e. The minimum atomic E-state index is -1.08. The molecular weight excluding hydrogens is 354 g/mol. The lowest BCUT2D eigenvalue weighted by Gasteiger charge is -2.39. The number of aromatic nitrogens is 1. The highest BCUT2D eigenvalue weighted by atomic mass is 16.6. The largest absolute Gasteiger partial charge is 0.481 e. The zero-order chi connectivity index (χ0) is 19.6. The molecule has 1 unspecified atom stereocenters. The van der Waals surface area contributed by atoms with Gasteiger partial charge in [0.15, 0.2) is 0 Å². The molecule has 9 nitrogen and oxygen atoms in total. The highest BCUT2D eigenvalue weighted by molar-refractivity contribution is 5.85. The van der Waals surface area contributed by atoms with Crippen molar-refractivity contribution in [3.8, 4) is 0 Å². The van der Waals surface area contributed by atoms with Gasteiger partial charge >= 0.3 is 5.97 Å². The number of carbonyl (C=O) groups excluding carboxylic acids is 1. The molecule has 2 aromatic rings. The van der Waals surface area contributed by atoms with E-state index >= 15 is 0 Å². The number of aliphatic carboxylic acids is 1. The molecule has 1 amide bonds. The van der Waals surface area contributed by atoms with Crippen LogP contribution in [0.2, 0.25) is 0 Å². The van der Waals surface area contributed by atoms with Crippen molar-refractivity contribution in [3.05, 3.63) is 40.6 Å². The molecule has 3 rings (SSSR count). The van der Waals surface area contributed by atoms with E-state index in [1.165, 1.54) is 19.2 Å². The van der Waals surface area contributed by atoms with E-state index in [2.05, 4.69) is 0 Å². The minimum absolute atomic E-state index is 0.00610. The summed E-state index contributed by atoms with van der Waals surface area (Å²) in [5.41, 5.74) is -0.372. The standard InChI is InChI=1S/C18H21N3O6/c1-27-12-18(17(23)24)6-2-7-20(11-18)16(22)10-19-8-5-13-9-14(21(25)26)3-4-15(13)19/h3-5,8-9H,2,6-7,10-12H2,1H3,(H,23,24). The first-order chi connectivity index (χ1) is 12.9. The second-order valence-electron chi connectivity index (χ2n) is 6.88. The first-order valence-corrected chi connectivity index (χ1v) is 8.60. The van der Waals surface area contributed by atoms with Crippen LogP contribution < -0.4 is 0 Å². The van der Waals surface area contributed by atoms with Crippen molar-refractivity contribution in [3.63, 3.8) is 0 Å². The molecule has 0 aliphatic carbocycles. The summed E-state index contributed by atoms with van der Waals surface area (Å²) < 4.78 is 6.81. The van der Waals surface area contributed by atoms with Crippen molar-refractivity contribution >= 4 is 28.5 Å². The number of nitro groups is 1. The fourth-order valence-corrected chi connectivity index (χ4v) is 3.66. The summed E-state index contributed by atoms with van der Waals surface area (Å²) in [5.74, 6) is -1.15. The summed E-state index contributed by atoms with van der Waals surface area (Å²) >= 11 is 0. The fraction of sp³-hybridized carbons (Fsp3) is 0.444. The number of non-ortho nitro benzene ring substituents is 1. The zero-order valence-electron chi connectivity index (χ0n) is 15.0. The van der Waals surface area contributed by atoms with Crippen molar-refractivity contribution < 1.29 is 24.4 Å². The number of piperidine rings is 1. The summed E-state index contributed by atoms with van der Waals surface area (Å²) in [6, 6.07) is 6.20. The van der Waals surface area contributed by atoms with E-state index in [4.69, 9.17) is 4.74 Å². The lowest BCUT2D eigenvalue weighted by atomic mass is 9.80. The zero-order valence-corrected chi connectivity index (χ0v) is 15.0. The number of rotatable bonds is 6. The van der Waals surface area contributed by atoms with Gasteiger partial charge in [-0.25, -0.2) is 0 Å². The van der Waals surface area contributed by atoms with Crippen LogP contribution >= 0.6 is 0 Å². The van der Waals surface area contributed by atoms with Gasteiger partial charge in [-0.2, -0.15) is 0 Å². The number of nitrogens with zero attached hydrogens (tertiary/aromatic N) is 3. The van der Waals surface area contributed by atoms with Crippen LogP contribution in [-0.4, -0.2) is 58.2 Å². The predicted octanol–water partition coefficient (Wildman–Crippen LogP) is 1.89. The number of amides is 1. The van der Waals surface area contributed by atoms with Gasteiger partial charge < -0.3 is 19.3 Å². The lowest BCUT2D eigenvalue weighted by Crippen LogP contribution is -2.52. The number of likely N-dealkylation sites (tertiary alicyclic amines) is 1. The monoisotopic (exact) mass is 375 g/mol. The van der Waals surface area contributed by atoms with Gasteiger partial charge in [-0.1, -0.05) is 0 Å². The second-order valence-corrected chi connectivity index (χ2v) is 6.88. The molecule has 0 saturated carbocycles. The number of carboxylic acids is 1. The third-order valence-electron chi connectivity index (χ3n) is 5.07. The van der Waals surface area contributed by atoms with E-state index < -0.39 is 16.3 Å². The molecule has 1 fully saturated rings. The molecule has 1 atom stereocenters. The first-order valence-electron chi connectivity index (χ1n) is 8.60. The Balaban J connectivity index is 1.78. The number of carbonyl (C=O) groups is 2. The minimum Gasteiger partial charge on any atom is -0.481 e. The number of methoxy groups -OCH3 is 1. The molecule has 2 heterocycles. The Morgan fingerprint density at radius 1 is 1.37 bits per heavy atom. The maximum Gasteiger partial charge on any atom is 0.313 e. The highest BCUT2D eigenvalue weighted by Gasteiger charge is 2.43. The molecule has 1 aromatic carbocycles. The number of hydrogen-bond donors (Lipinski definition) is 1. The first kappa shape index (κ1) is 18.8. The summed E-state index contributed by atoms with van der Waals surface area (Å²) in [6.07, 6.45) is 2.77. The quantitative estimate of drug-likeness (QED) is 0.609. The fourth-order valence-electron chi connectivity index (χ4n) is 3.66. The van der Waals surface area contributed by atoms with Crippen LogP contribution in [0.3, 0.4) is 0 Å². The van der Waals surface area contributed by atoms with Gasteiger partial charge in [0.05, 0.1) is 11.5 Å². The van der Waals surface area contributed by atoms with Crippen LogP contribution in [0.15, 0.2) is 30.5 Å². The van der Waals surface area contributed by atoms with E-state index in [0.29, 0.717) is 30.3 Å². The maximum atomic E-state index is 12.8.